The number of methoxy groups -OCH3 is 1. The van der Waals surface area contributed by atoms with Crippen LogP contribution in [0.5, 0.6) is 0 Å². The van der Waals surface area contributed by atoms with Gasteiger partial charge in [-0.25, -0.2) is 4.68 Å². The molecule has 0 aromatic carbocycles. The van der Waals surface area contributed by atoms with E-state index in [2.05, 4.69) is 10.4 Å². The Bertz CT molecular complexity index is 406. The van der Waals surface area contributed by atoms with Crippen LogP contribution in [0.25, 0.3) is 0 Å². The van der Waals surface area contributed by atoms with Crippen molar-refractivity contribution in [2.75, 3.05) is 45.3 Å². The van der Waals surface area contributed by atoms with Gasteiger partial charge in [0, 0.05) is 32.3 Å². The summed E-state index contributed by atoms with van der Waals surface area (Å²) in [6, 6.07) is 1.95. The van der Waals surface area contributed by atoms with E-state index < -0.39 is 0 Å². The lowest BCUT2D eigenvalue weighted by Gasteiger charge is -2.20. The van der Waals surface area contributed by atoms with Gasteiger partial charge in [-0.05, 0) is 13.8 Å². The van der Waals surface area contributed by atoms with Crippen molar-refractivity contribution in [3.63, 3.8) is 0 Å². The molecule has 0 bridgehead atoms. The Balaban J connectivity index is 2.54. The first-order valence-electron chi connectivity index (χ1n) is 6.74. The maximum atomic E-state index is 12.0. The summed E-state index contributed by atoms with van der Waals surface area (Å²) in [6.45, 7) is 5.80. The average molecular weight is 284 g/mol. The zero-order valence-electron chi connectivity index (χ0n) is 12.4. The maximum Gasteiger partial charge on any atom is 0.239 e. The monoisotopic (exact) mass is 284 g/mol. The fourth-order valence-corrected chi connectivity index (χ4v) is 1.84. The van der Waals surface area contributed by atoms with Gasteiger partial charge in [0.25, 0.3) is 0 Å². The van der Waals surface area contributed by atoms with E-state index in [1.54, 1.807) is 24.1 Å². The standard InChI is InChI=1S/C13H24N4O3/c1-11(2)17-12(4-5-14-17)15-13(19)10-16(6-8-18)7-9-20-3/h4-5,11,18H,6-10H2,1-3H3,(H,15,19). The van der Waals surface area contributed by atoms with Crippen molar-refractivity contribution in [1.29, 1.82) is 0 Å². The second kappa shape index (κ2) is 8.68. The van der Waals surface area contributed by atoms with Crippen LogP contribution in [0.15, 0.2) is 12.3 Å². The van der Waals surface area contributed by atoms with Crippen LogP contribution in [-0.4, -0.2) is 65.7 Å². The molecular weight excluding hydrogens is 260 g/mol. The van der Waals surface area contributed by atoms with Crippen molar-refractivity contribution in [3.8, 4) is 0 Å². The summed E-state index contributed by atoms with van der Waals surface area (Å²) in [4.78, 5) is 13.9. The Morgan fingerprint density at radius 1 is 1.55 bits per heavy atom. The predicted molar refractivity (Wildman–Crippen MR) is 76.6 cm³/mol. The van der Waals surface area contributed by atoms with Crippen molar-refractivity contribution in [2.45, 2.75) is 19.9 Å². The molecule has 0 spiro atoms. The number of aromatic nitrogens is 2. The van der Waals surface area contributed by atoms with E-state index in [0.717, 1.165) is 0 Å². The molecule has 1 heterocycles. The van der Waals surface area contributed by atoms with Crippen LogP contribution in [0.1, 0.15) is 19.9 Å². The van der Waals surface area contributed by atoms with Crippen LogP contribution >= 0.6 is 0 Å². The third kappa shape index (κ3) is 5.28. The summed E-state index contributed by atoms with van der Waals surface area (Å²) < 4.78 is 6.74. The molecule has 0 radical (unpaired) electrons. The second-order valence-corrected chi connectivity index (χ2v) is 4.80. The molecule has 0 atom stereocenters. The molecule has 1 rings (SSSR count). The van der Waals surface area contributed by atoms with E-state index in [-0.39, 0.29) is 25.1 Å². The van der Waals surface area contributed by atoms with Gasteiger partial charge in [-0.1, -0.05) is 0 Å². The number of carbonyl (C=O) groups is 1. The third-order valence-corrected chi connectivity index (χ3v) is 2.82. The molecule has 1 aromatic rings. The number of anilines is 1. The van der Waals surface area contributed by atoms with E-state index in [4.69, 9.17) is 9.84 Å². The van der Waals surface area contributed by atoms with E-state index >= 15 is 0 Å². The molecule has 0 saturated carbocycles. The number of hydrogen-bond donors (Lipinski definition) is 2. The molecule has 0 saturated heterocycles. The Hall–Kier alpha value is -1.44. The summed E-state index contributed by atoms with van der Waals surface area (Å²) in [5.74, 6) is 0.553. The van der Waals surface area contributed by atoms with Gasteiger partial charge in [-0.3, -0.25) is 9.69 Å². The topological polar surface area (TPSA) is 79.6 Å². The van der Waals surface area contributed by atoms with Gasteiger partial charge in [-0.2, -0.15) is 5.10 Å². The average Bonchev–Trinajstić information content (AvgIpc) is 2.84. The van der Waals surface area contributed by atoms with Gasteiger partial charge in [-0.15, -0.1) is 0 Å². The molecule has 7 nitrogen and oxygen atoms in total. The number of nitrogens with zero attached hydrogens (tertiary/aromatic N) is 3. The SMILES string of the molecule is COCCN(CCO)CC(=O)Nc1ccnn1C(C)C. The fraction of sp³-hybridized carbons (Fsp3) is 0.692. The highest BCUT2D eigenvalue weighted by Gasteiger charge is 2.13. The van der Waals surface area contributed by atoms with Gasteiger partial charge in [0.15, 0.2) is 0 Å². The first-order chi connectivity index (χ1) is 9.58. The summed E-state index contributed by atoms with van der Waals surface area (Å²) >= 11 is 0. The highest BCUT2D eigenvalue weighted by atomic mass is 16.5. The maximum absolute atomic E-state index is 12.0. The lowest BCUT2D eigenvalue weighted by molar-refractivity contribution is -0.117. The van der Waals surface area contributed by atoms with Gasteiger partial charge in [0.2, 0.25) is 5.91 Å². The van der Waals surface area contributed by atoms with Crippen molar-refractivity contribution in [2.24, 2.45) is 0 Å². The zero-order chi connectivity index (χ0) is 15.0. The number of aliphatic hydroxyl groups excluding tert-OH is 1. The zero-order valence-corrected chi connectivity index (χ0v) is 12.4. The first-order valence-corrected chi connectivity index (χ1v) is 6.74. The normalized spacial score (nSPS) is 11.3. The number of ether oxygens (including phenoxy) is 1. The van der Waals surface area contributed by atoms with Crippen LogP contribution in [-0.2, 0) is 9.53 Å². The molecule has 0 unspecified atom stereocenters. The second-order valence-electron chi connectivity index (χ2n) is 4.80. The van der Waals surface area contributed by atoms with Crippen molar-refractivity contribution < 1.29 is 14.6 Å². The van der Waals surface area contributed by atoms with Crippen LogP contribution in [0.4, 0.5) is 5.82 Å². The fourth-order valence-electron chi connectivity index (χ4n) is 1.84. The Kier molecular flexibility index (Phi) is 7.21. The van der Waals surface area contributed by atoms with Crippen LogP contribution in [0.3, 0.4) is 0 Å². The van der Waals surface area contributed by atoms with E-state index in [1.807, 2.05) is 18.7 Å². The number of amides is 1. The molecule has 114 valence electrons. The van der Waals surface area contributed by atoms with Crippen molar-refractivity contribution >= 4 is 11.7 Å². The highest BCUT2D eigenvalue weighted by molar-refractivity contribution is 5.91. The quantitative estimate of drug-likeness (QED) is 0.684. The molecule has 2 N–H and O–H groups in total. The summed E-state index contributed by atoms with van der Waals surface area (Å²) in [6.07, 6.45) is 1.66. The molecule has 0 aliphatic carbocycles. The van der Waals surface area contributed by atoms with E-state index in [9.17, 15) is 4.79 Å². The van der Waals surface area contributed by atoms with Gasteiger partial charge in [0.05, 0.1) is 26.0 Å². The van der Waals surface area contributed by atoms with E-state index in [0.29, 0.717) is 25.5 Å². The molecule has 0 aliphatic rings. The minimum atomic E-state index is -0.128. The number of aliphatic hydroxyl groups is 1. The smallest absolute Gasteiger partial charge is 0.239 e. The van der Waals surface area contributed by atoms with Gasteiger partial charge in [0.1, 0.15) is 5.82 Å². The molecular formula is C13H24N4O3. The Labute approximate surface area is 119 Å². The molecule has 1 aromatic heterocycles. The summed E-state index contributed by atoms with van der Waals surface area (Å²) in [7, 11) is 1.61. The van der Waals surface area contributed by atoms with Crippen LogP contribution < -0.4 is 5.32 Å². The minimum absolute atomic E-state index is 0.0148. The predicted octanol–water partition coefficient (Wildman–Crippen LogP) is 0.343. The lowest BCUT2D eigenvalue weighted by Crippen LogP contribution is -2.37. The number of nitrogens with one attached hydrogen (secondary N) is 1. The van der Waals surface area contributed by atoms with Crippen molar-refractivity contribution in [3.05, 3.63) is 12.3 Å². The molecule has 20 heavy (non-hydrogen) atoms. The lowest BCUT2D eigenvalue weighted by atomic mass is 10.4. The highest BCUT2D eigenvalue weighted by Crippen LogP contribution is 2.12. The molecule has 0 fully saturated rings. The Morgan fingerprint density at radius 2 is 2.30 bits per heavy atom. The number of hydrogen-bond acceptors (Lipinski definition) is 5. The number of carbonyl (C=O) groups excluding carboxylic acids is 1. The Morgan fingerprint density at radius 3 is 2.90 bits per heavy atom. The number of rotatable bonds is 9. The first kappa shape index (κ1) is 16.6. The molecule has 0 aliphatic heterocycles. The van der Waals surface area contributed by atoms with Crippen molar-refractivity contribution in [1.82, 2.24) is 14.7 Å². The van der Waals surface area contributed by atoms with Crippen LogP contribution in [0.2, 0.25) is 0 Å². The third-order valence-electron chi connectivity index (χ3n) is 2.82. The summed E-state index contributed by atoms with van der Waals surface area (Å²) in [5.41, 5.74) is 0. The van der Waals surface area contributed by atoms with Gasteiger partial charge >= 0.3 is 0 Å². The molecule has 7 heteroatoms. The largest absolute Gasteiger partial charge is 0.395 e. The van der Waals surface area contributed by atoms with Gasteiger partial charge < -0.3 is 15.2 Å². The molecule has 1 amide bonds. The van der Waals surface area contributed by atoms with E-state index in [1.165, 1.54) is 0 Å². The van der Waals surface area contributed by atoms with Crippen LogP contribution in [0, 0.1) is 0 Å². The minimum Gasteiger partial charge on any atom is -0.395 e. The summed E-state index contributed by atoms with van der Waals surface area (Å²) in [5, 5.41) is 16.0.